The number of hydrogen-bond donors (Lipinski definition) is 0. The molecule has 2 aromatic carbocycles. The van der Waals surface area contributed by atoms with Gasteiger partial charge in [-0.05, 0) is 56.9 Å². The largest absolute Gasteiger partial charge is 0.494 e. The lowest BCUT2D eigenvalue weighted by Gasteiger charge is -2.11. The molecule has 0 saturated heterocycles. The van der Waals surface area contributed by atoms with Crippen LogP contribution in [0, 0.1) is 5.82 Å². The minimum absolute atomic E-state index is 0.189. The SMILES string of the molecule is CCCc1cc2cc(OC)c(F)cc2c(C=O)c1Br. The summed E-state index contributed by atoms with van der Waals surface area (Å²) in [4.78, 5) is 11.3. The predicted octanol–water partition coefficient (Wildman–Crippen LogP) is 4.52. The summed E-state index contributed by atoms with van der Waals surface area (Å²) in [5.41, 5.74) is 1.54. The third-order valence-corrected chi connectivity index (χ3v) is 4.04. The molecule has 0 spiro atoms. The van der Waals surface area contributed by atoms with Gasteiger partial charge in [0.15, 0.2) is 17.9 Å². The summed E-state index contributed by atoms with van der Waals surface area (Å²) < 4.78 is 19.5. The molecule has 0 aliphatic carbocycles. The van der Waals surface area contributed by atoms with E-state index in [4.69, 9.17) is 4.74 Å². The number of halogens is 2. The molecule has 0 unspecified atom stereocenters. The first-order valence-electron chi connectivity index (χ1n) is 6.06. The van der Waals surface area contributed by atoms with E-state index in [-0.39, 0.29) is 5.75 Å². The summed E-state index contributed by atoms with van der Waals surface area (Å²) in [6.45, 7) is 2.07. The number of aryl methyl sites for hydroxylation is 1. The second kappa shape index (κ2) is 5.70. The highest BCUT2D eigenvalue weighted by Gasteiger charge is 2.13. The van der Waals surface area contributed by atoms with E-state index in [0.717, 1.165) is 34.6 Å². The van der Waals surface area contributed by atoms with Crippen LogP contribution in [0.3, 0.4) is 0 Å². The molecule has 0 amide bonds. The maximum atomic E-state index is 13.8. The van der Waals surface area contributed by atoms with Crippen LogP contribution in [0.15, 0.2) is 22.7 Å². The number of fused-ring (bicyclic) bond motifs is 1. The fourth-order valence-corrected chi connectivity index (χ4v) is 2.81. The zero-order valence-electron chi connectivity index (χ0n) is 10.8. The summed E-state index contributed by atoms with van der Waals surface area (Å²) in [6.07, 6.45) is 2.59. The zero-order chi connectivity index (χ0) is 14.0. The molecule has 0 fully saturated rings. The molecule has 2 rings (SSSR count). The van der Waals surface area contributed by atoms with E-state index in [2.05, 4.69) is 22.9 Å². The van der Waals surface area contributed by atoms with E-state index in [9.17, 15) is 9.18 Å². The number of aldehydes is 1. The fourth-order valence-electron chi connectivity index (χ4n) is 2.19. The topological polar surface area (TPSA) is 26.3 Å². The summed E-state index contributed by atoms with van der Waals surface area (Å²) in [7, 11) is 1.43. The molecule has 0 atom stereocenters. The number of rotatable bonds is 4. The van der Waals surface area contributed by atoms with E-state index in [1.807, 2.05) is 6.07 Å². The summed E-state index contributed by atoms with van der Waals surface area (Å²) in [5, 5.41) is 1.41. The van der Waals surface area contributed by atoms with Crippen LogP contribution in [0.1, 0.15) is 29.3 Å². The fraction of sp³-hybridized carbons (Fsp3) is 0.267. The predicted molar refractivity (Wildman–Crippen MR) is 77.5 cm³/mol. The highest BCUT2D eigenvalue weighted by atomic mass is 79.9. The minimum Gasteiger partial charge on any atom is -0.494 e. The molecule has 0 aromatic heterocycles. The van der Waals surface area contributed by atoms with Crippen molar-refractivity contribution in [3.05, 3.63) is 39.6 Å². The lowest BCUT2D eigenvalue weighted by Crippen LogP contribution is -1.96. The molecule has 0 aliphatic rings. The zero-order valence-corrected chi connectivity index (χ0v) is 12.4. The van der Waals surface area contributed by atoms with Gasteiger partial charge in [-0.2, -0.15) is 0 Å². The maximum absolute atomic E-state index is 13.8. The third-order valence-electron chi connectivity index (χ3n) is 3.10. The van der Waals surface area contributed by atoms with Crippen molar-refractivity contribution in [1.82, 2.24) is 0 Å². The number of methoxy groups -OCH3 is 1. The van der Waals surface area contributed by atoms with Crippen molar-refractivity contribution >= 4 is 33.0 Å². The van der Waals surface area contributed by atoms with Gasteiger partial charge in [0.25, 0.3) is 0 Å². The molecule has 0 N–H and O–H groups in total. The summed E-state index contributed by atoms with van der Waals surface area (Å²) >= 11 is 3.44. The minimum atomic E-state index is -0.465. The lowest BCUT2D eigenvalue weighted by molar-refractivity contribution is 0.112. The van der Waals surface area contributed by atoms with Crippen molar-refractivity contribution in [2.24, 2.45) is 0 Å². The van der Waals surface area contributed by atoms with Crippen molar-refractivity contribution < 1.29 is 13.9 Å². The Kier molecular flexibility index (Phi) is 4.20. The maximum Gasteiger partial charge on any atom is 0.165 e. The molecule has 2 nitrogen and oxygen atoms in total. The Bertz CT molecular complexity index is 638. The van der Waals surface area contributed by atoms with Gasteiger partial charge in [-0.15, -0.1) is 0 Å². The van der Waals surface area contributed by atoms with Crippen molar-refractivity contribution in [2.45, 2.75) is 19.8 Å². The van der Waals surface area contributed by atoms with Gasteiger partial charge in [0.05, 0.1) is 7.11 Å². The van der Waals surface area contributed by atoms with Crippen LogP contribution in [0.4, 0.5) is 4.39 Å². The normalized spacial score (nSPS) is 10.7. The molecule has 19 heavy (non-hydrogen) atoms. The number of ether oxygens (including phenoxy) is 1. The van der Waals surface area contributed by atoms with E-state index < -0.39 is 5.82 Å². The molecular weight excluding hydrogens is 311 g/mol. The summed E-state index contributed by atoms with van der Waals surface area (Å²) in [6, 6.07) is 4.94. The van der Waals surface area contributed by atoms with Gasteiger partial charge in [0.1, 0.15) is 0 Å². The highest BCUT2D eigenvalue weighted by Crippen LogP contribution is 2.33. The third kappa shape index (κ3) is 2.50. The van der Waals surface area contributed by atoms with Gasteiger partial charge in [-0.25, -0.2) is 4.39 Å². The Morgan fingerprint density at radius 3 is 2.68 bits per heavy atom. The quantitative estimate of drug-likeness (QED) is 0.773. The molecule has 2 aromatic rings. The van der Waals surface area contributed by atoms with E-state index >= 15 is 0 Å². The summed E-state index contributed by atoms with van der Waals surface area (Å²) in [5.74, 6) is -0.276. The van der Waals surface area contributed by atoms with Crippen LogP contribution >= 0.6 is 15.9 Å². The second-order valence-electron chi connectivity index (χ2n) is 4.34. The molecule has 0 bridgehead atoms. The van der Waals surface area contributed by atoms with Crippen LogP contribution in [0.25, 0.3) is 10.8 Å². The molecule has 0 heterocycles. The van der Waals surface area contributed by atoms with Gasteiger partial charge in [-0.3, -0.25) is 4.79 Å². The Hall–Kier alpha value is -1.42. The van der Waals surface area contributed by atoms with Crippen molar-refractivity contribution in [3.63, 3.8) is 0 Å². The Balaban J connectivity index is 2.80. The van der Waals surface area contributed by atoms with Gasteiger partial charge in [0, 0.05) is 10.0 Å². The second-order valence-corrected chi connectivity index (χ2v) is 5.13. The first kappa shape index (κ1) is 14.0. The van der Waals surface area contributed by atoms with Crippen LogP contribution in [-0.4, -0.2) is 13.4 Å². The Labute approximate surface area is 119 Å². The van der Waals surface area contributed by atoms with E-state index in [1.54, 1.807) is 6.07 Å². The van der Waals surface area contributed by atoms with E-state index in [1.165, 1.54) is 13.2 Å². The van der Waals surface area contributed by atoms with Crippen LogP contribution in [0.2, 0.25) is 0 Å². The molecule has 0 saturated carbocycles. The average Bonchev–Trinajstić information content (AvgIpc) is 2.40. The number of benzene rings is 2. The number of hydrogen-bond acceptors (Lipinski definition) is 2. The standard InChI is InChI=1S/C15H14BrFO2/c1-3-4-9-5-10-6-14(19-2)13(17)7-11(10)12(8-18)15(9)16/h5-8H,3-4H2,1-2H3. The smallest absolute Gasteiger partial charge is 0.165 e. The average molecular weight is 325 g/mol. The molecule has 0 aliphatic heterocycles. The lowest BCUT2D eigenvalue weighted by atomic mass is 9.99. The van der Waals surface area contributed by atoms with Crippen molar-refractivity contribution in [2.75, 3.05) is 7.11 Å². The first-order valence-corrected chi connectivity index (χ1v) is 6.85. The number of carbonyl (C=O) groups excluding carboxylic acids is 1. The van der Waals surface area contributed by atoms with Gasteiger partial charge < -0.3 is 4.74 Å². The van der Waals surface area contributed by atoms with Gasteiger partial charge in [-0.1, -0.05) is 13.3 Å². The Morgan fingerprint density at radius 1 is 1.37 bits per heavy atom. The number of carbonyl (C=O) groups is 1. The molecular formula is C15H14BrFO2. The van der Waals surface area contributed by atoms with Crippen LogP contribution in [0.5, 0.6) is 5.75 Å². The highest BCUT2D eigenvalue weighted by molar-refractivity contribution is 9.10. The first-order chi connectivity index (χ1) is 9.12. The molecule has 100 valence electrons. The van der Waals surface area contributed by atoms with Gasteiger partial charge >= 0.3 is 0 Å². The van der Waals surface area contributed by atoms with E-state index in [0.29, 0.717) is 10.9 Å². The molecule has 4 heteroatoms. The van der Waals surface area contributed by atoms with Crippen molar-refractivity contribution in [1.29, 1.82) is 0 Å². The van der Waals surface area contributed by atoms with Crippen LogP contribution < -0.4 is 4.74 Å². The van der Waals surface area contributed by atoms with Gasteiger partial charge in [0.2, 0.25) is 0 Å². The molecule has 0 radical (unpaired) electrons. The monoisotopic (exact) mass is 324 g/mol. The Morgan fingerprint density at radius 2 is 2.11 bits per heavy atom. The van der Waals surface area contributed by atoms with Crippen molar-refractivity contribution in [3.8, 4) is 5.75 Å². The van der Waals surface area contributed by atoms with Crippen LogP contribution in [-0.2, 0) is 6.42 Å².